The van der Waals surface area contributed by atoms with Crippen LogP contribution in [0.3, 0.4) is 0 Å². The van der Waals surface area contributed by atoms with Gasteiger partial charge in [0.25, 0.3) is 0 Å². The van der Waals surface area contributed by atoms with E-state index in [9.17, 15) is 0 Å². The molecule has 0 saturated carbocycles. The molecule has 1 atom stereocenters. The van der Waals surface area contributed by atoms with Crippen LogP contribution in [0.15, 0.2) is 22.8 Å². The van der Waals surface area contributed by atoms with Gasteiger partial charge in [0.1, 0.15) is 0 Å². The summed E-state index contributed by atoms with van der Waals surface area (Å²) in [6.45, 7) is 7.81. The van der Waals surface area contributed by atoms with E-state index in [-0.39, 0.29) is 0 Å². The molecule has 1 heterocycles. The zero-order valence-electron chi connectivity index (χ0n) is 11.7. The smallest absolute Gasteiger partial charge is 0.0714 e. The Morgan fingerprint density at radius 3 is 2.56 bits per heavy atom. The zero-order chi connectivity index (χ0) is 13.4. The van der Waals surface area contributed by atoms with Crippen molar-refractivity contribution in [1.29, 1.82) is 0 Å². The molecule has 0 aromatic carbocycles. The summed E-state index contributed by atoms with van der Waals surface area (Å²) < 4.78 is 1.12. The van der Waals surface area contributed by atoms with Gasteiger partial charge in [0.15, 0.2) is 0 Å². The van der Waals surface area contributed by atoms with E-state index in [4.69, 9.17) is 0 Å². The van der Waals surface area contributed by atoms with Crippen LogP contribution in [0.1, 0.15) is 58.2 Å². The average molecular weight is 313 g/mol. The number of halogens is 1. The highest BCUT2D eigenvalue weighted by Crippen LogP contribution is 2.28. The van der Waals surface area contributed by atoms with Crippen LogP contribution in [0.4, 0.5) is 0 Å². The summed E-state index contributed by atoms with van der Waals surface area (Å²) in [5, 5.41) is 3.63. The fourth-order valence-corrected chi connectivity index (χ4v) is 2.75. The minimum absolute atomic E-state index is 0.366. The monoisotopic (exact) mass is 312 g/mol. The van der Waals surface area contributed by atoms with Crippen LogP contribution in [0.5, 0.6) is 0 Å². The van der Waals surface area contributed by atoms with Crippen molar-refractivity contribution in [3.05, 3.63) is 28.5 Å². The first-order chi connectivity index (χ1) is 8.72. The van der Waals surface area contributed by atoms with Crippen molar-refractivity contribution in [2.75, 3.05) is 6.54 Å². The Balaban J connectivity index is 2.80. The normalized spacial score (nSPS) is 12.9. The molecule has 102 valence electrons. The molecule has 0 aliphatic rings. The fraction of sp³-hybridized carbons (Fsp3) is 0.667. The van der Waals surface area contributed by atoms with Gasteiger partial charge >= 0.3 is 0 Å². The molecular weight excluding hydrogens is 288 g/mol. The fourth-order valence-electron chi connectivity index (χ4n) is 2.22. The Kier molecular flexibility index (Phi) is 7.52. The first-order valence-corrected chi connectivity index (χ1v) is 7.85. The van der Waals surface area contributed by atoms with Gasteiger partial charge in [-0.05, 0) is 53.4 Å². The summed E-state index contributed by atoms with van der Waals surface area (Å²) >= 11 is 3.62. The summed E-state index contributed by atoms with van der Waals surface area (Å²) in [4.78, 5) is 4.54. The Labute approximate surface area is 120 Å². The third-order valence-corrected chi connectivity index (χ3v) is 4.15. The van der Waals surface area contributed by atoms with Gasteiger partial charge in [-0.1, -0.05) is 33.6 Å². The Morgan fingerprint density at radius 1 is 1.28 bits per heavy atom. The molecule has 18 heavy (non-hydrogen) atoms. The van der Waals surface area contributed by atoms with E-state index in [1.165, 1.54) is 19.3 Å². The lowest BCUT2D eigenvalue weighted by Gasteiger charge is -2.23. The molecule has 0 radical (unpaired) electrons. The minimum atomic E-state index is 0.366. The molecular formula is C15H25BrN2. The van der Waals surface area contributed by atoms with E-state index in [0.29, 0.717) is 6.04 Å². The van der Waals surface area contributed by atoms with Crippen LogP contribution < -0.4 is 5.32 Å². The molecule has 0 aliphatic carbocycles. The van der Waals surface area contributed by atoms with Gasteiger partial charge < -0.3 is 5.32 Å². The predicted molar refractivity (Wildman–Crippen MR) is 81.7 cm³/mol. The van der Waals surface area contributed by atoms with Gasteiger partial charge in [-0.25, -0.2) is 0 Å². The molecule has 3 heteroatoms. The van der Waals surface area contributed by atoms with Gasteiger partial charge in [-0.2, -0.15) is 0 Å². The van der Waals surface area contributed by atoms with Gasteiger partial charge in [-0.15, -0.1) is 0 Å². The number of nitrogens with zero attached hydrogens (tertiary/aromatic N) is 1. The van der Waals surface area contributed by atoms with Crippen LogP contribution in [0.25, 0.3) is 0 Å². The maximum absolute atomic E-state index is 4.54. The number of nitrogens with one attached hydrogen (secondary N) is 1. The van der Waals surface area contributed by atoms with E-state index >= 15 is 0 Å². The van der Waals surface area contributed by atoms with Gasteiger partial charge in [0.05, 0.1) is 11.7 Å². The van der Waals surface area contributed by atoms with Crippen LogP contribution in [-0.2, 0) is 0 Å². The van der Waals surface area contributed by atoms with Crippen LogP contribution in [0.2, 0.25) is 0 Å². The molecule has 2 nitrogen and oxygen atoms in total. The largest absolute Gasteiger partial charge is 0.309 e. The molecule has 1 unspecified atom stereocenters. The van der Waals surface area contributed by atoms with Crippen molar-refractivity contribution in [3.8, 4) is 0 Å². The average Bonchev–Trinajstić information content (AvgIpc) is 2.40. The second-order valence-electron chi connectivity index (χ2n) is 4.80. The molecule has 1 N–H and O–H groups in total. The number of rotatable bonds is 8. The SMILES string of the molecule is CCCNC(CC(CC)CC)c1ncccc1Br. The summed E-state index contributed by atoms with van der Waals surface area (Å²) in [7, 11) is 0. The number of aromatic nitrogens is 1. The maximum atomic E-state index is 4.54. The van der Waals surface area contributed by atoms with Crippen molar-refractivity contribution in [2.24, 2.45) is 5.92 Å². The zero-order valence-corrected chi connectivity index (χ0v) is 13.3. The van der Waals surface area contributed by atoms with Gasteiger partial charge in [0.2, 0.25) is 0 Å². The standard InChI is InChI=1S/C15H25BrN2/c1-4-9-17-14(11-12(5-2)6-3)15-13(16)8-7-10-18-15/h7-8,10,12,14,17H,4-6,9,11H2,1-3H3. The molecule has 0 saturated heterocycles. The molecule has 1 rings (SSSR count). The van der Waals surface area contributed by atoms with E-state index in [2.05, 4.69) is 53.1 Å². The van der Waals surface area contributed by atoms with Gasteiger partial charge in [-0.3, -0.25) is 4.98 Å². The first kappa shape index (κ1) is 15.6. The van der Waals surface area contributed by atoms with Crippen LogP contribution in [-0.4, -0.2) is 11.5 Å². The third kappa shape index (κ3) is 4.69. The second kappa shape index (κ2) is 8.65. The van der Waals surface area contributed by atoms with Crippen molar-refractivity contribution < 1.29 is 0 Å². The lowest BCUT2D eigenvalue weighted by atomic mass is 9.93. The highest BCUT2D eigenvalue weighted by molar-refractivity contribution is 9.10. The van der Waals surface area contributed by atoms with Crippen molar-refractivity contribution in [3.63, 3.8) is 0 Å². The molecule has 0 spiro atoms. The Morgan fingerprint density at radius 2 is 2.00 bits per heavy atom. The highest BCUT2D eigenvalue weighted by atomic mass is 79.9. The van der Waals surface area contributed by atoms with Gasteiger partial charge in [0, 0.05) is 10.7 Å². The summed E-state index contributed by atoms with van der Waals surface area (Å²) in [5.74, 6) is 0.772. The van der Waals surface area contributed by atoms with Crippen LogP contribution in [0, 0.1) is 5.92 Å². The van der Waals surface area contributed by atoms with E-state index in [0.717, 1.165) is 29.1 Å². The first-order valence-electron chi connectivity index (χ1n) is 7.06. The molecule has 0 bridgehead atoms. The summed E-state index contributed by atoms with van der Waals surface area (Å²) in [5.41, 5.74) is 1.15. The number of hydrogen-bond acceptors (Lipinski definition) is 2. The lowest BCUT2D eigenvalue weighted by Crippen LogP contribution is -2.25. The molecule has 0 fully saturated rings. The van der Waals surface area contributed by atoms with Crippen molar-refractivity contribution in [1.82, 2.24) is 10.3 Å². The van der Waals surface area contributed by atoms with E-state index < -0.39 is 0 Å². The molecule has 1 aromatic rings. The third-order valence-electron chi connectivity index (χ3n) is 3.48. The van der Waals surface area contributed by atoms with Crippen LogP contribution >= 0.6 is 15.9 Å². The van der Waals surface area contributed by atoms with E-state index in [1.54, 1.807) is 0 Å². The Bertz CT molecular complexity index is 337. The second-order valence-corrected chi connectivity index (χ2v) is 5.65. The molecule has 0 amide bonds. The number of hydrogen-bond donors (Lipinski definition) is 1. The molecule has 0 aliphatic heterocycles. The predicted octanol–water partition coefficient (Wildman–Crippen LogP) is 4.71. The number of pyridine rings is 1. The quantitative estimate of drug-likeness (QED) is 0.752. The summed E-state index contributed by atoms with van der Waals surface area (Å²) in [6, 6.07) is 4.42. The van der Waals surface area contributed by atoms with E-state index in [1.807, 2.05) is 12.3 Å². The summed E-state index contributed by atoms with van der Waals surface area (Å²) in [6.07, 6.45) is 6.69. The lowest BCUT2D eigenvalue weighted by molar-refractivity contribution is 0.366. The van der Waals surface area contributed by atoms with Crippen molar-refractivity contribution >= 4 is 15.9 Å². The topological polar surface area (TPSA) is 24.9 Å². The minimum Gasteiger partial charge on any atom is -0.309 e. The highest BCUT2D eigenvalue weighted by Gasteiger charge is 2.18. The maximum Gasteiger partial charge on any atom is 0.0714 e. The molecule has 1 aromatic heterocycles. The van der Waals surface area contributed by atoms with Crippen molar-refractivity contribution in [2.45, 2.75) is 52.5 Å². The Hall–Kier alpha value is -0.410.